The molecule has 0 radical (unpaired) electrons. The third kappa shape index (κ3) is 4.60. The number of rotatable bonds is 8. The van der Waals surface area contributed by atoms with Gasteiger partial charge in [0.2, 0.25) is 15.9 Å². The molecule has 0 saturated heterocycles. The van der Waals surface area contributed by atoms with Crippen molar-refractivity contribution in [1.82, 2.24) is 14.2 Å². The van der Waals surface area contributed by atoms with Crippen LogP contribution in [0.15, 0.2) is 45.5 Å². The van der Waals surface area contributed by atoms with Crippen molar-refractivity contribution in [2.45, 2.75) is 38.3 Å². The highest BCUT2D eigenvalue weighted by Gasteiger charge is 2.22. The molecule has 1 unspecified atom stereocenters. The molecule has 0 saturated carbocycles. The summed E-state index contributed by atoms with van der Waals surface area (Å²) in [5.41, 5.74) is -0.428. The average Bonchev–Trinajstić information content (AvgIpc) is 3.12. The van der Waals surface area contributed by atoms with E-state index in [-0.39, 0.29) is 23.4 Å². The fourth-order valence-corrected chi connectivity index (χ4v) is 4.76. The van der Waals surface area contributed by atoms with E-state index in [1.54, 1.807) is 13.8 Å². The molecule has 0 aliphatic rings. The molecule has 0 fully saturated rings. The number of thiophene rings is 1. The van der Waals surface area contributed by atoms with Crippen LogP contribution in [0.1, 0.15) is 31.7 Å². The summed E-state index contributed by atoms with van der Waals surface area (Å²) in [5, 5.41) is 4.73. The lowest BCUT2D eigenvalue weighted by molar-refractivity contribution is -0.122. The van der Waals surface area contributed by atoms with Crippen molar-refractivity contribution >= 4 is 27.3 Å². The topological polar surface area (TPSA) is 88.5 Å². The van der Waals surface area contributed by atoms with Gasteiger partial charge >= 0.3 is 0 Å². The first kappa shape index (κ1) is 20.3. The average molecular weight is 398 g/mol. The molecular weight excluding hydrogens is 374 g/mol. The van der Waals surface area contributed by atoms with Crippen molar-refractivity contribution in [3.8, 4) is 0 Å². The lowest BCUT2D eigenvalue weighted by Crippen LogP contribution is -2.35. The highest BCUT2D eigenvalue weighted by atomic mass is 32.2. The number of carbonyl (C=O) groups excluding carboxylic acids is 1. The second-order valence-corrected chi connectivity index (χ2v) is 8.64. The van der Waals surface area contributed by atoms with Gasteiger partial charge in [-0.1, -0.05) is 19.9 Å². The lowest BCUT2D eigenvalue weighted by Gasteiger charge is -2.19. The lowest BCUT2D eigenvalue weighted by atomic mass is 10.3. The van der Waals surface area contributed by atoms with Crippen LogP contribution in [0.3, 0.4) is 0 Å². The van der Waals surface area contributed by atoms with Gasteiger partial charge < -0.3 is 9.88 Å². The van der Waals surface area contributed by atoms with Crippen LogP contribution in [-0.2, 0) is 21.4 Å². The van der Waals surface area contributed by atoms with Gasteiger partial charge in [0.15, 0.2) is 0 Å². The third-order valence-electron chi connectivity index (χ3n) is 3.96. The number of hydrogen-bond acceptors (Lipinski definition) is 5. The van der Waals surface area contributed by atoms with E-state index in [2.05, 4.69) is 5.32 Å². The number of sulfonamides is 1. The standard InChI is InChI=1S/C17H23N3O4S2/c1-4-20(5-2)26(23,24)14-8-9-17(22)19(11-14)12-16(21)18-13(3)15-7-6-10-25-15/h6-11,13H,4-5,12H2,1-3H3,(H,18,21). The monoisotopic (exact) mass is 397 g/mol. The minimum Gasteiger partial charge on any atom is -0.347 e. The molecule has 142 valence electrons. The van der Waals surface area contributed by atoms with E-state index in [0.29, 0.717) is 13.1 Å². The van der Waals surface area contributed by atoms with E-state index in [4.69, 9.17) is 0 Å². The summed E-state index contributed by atoms with van der Waals surface area (Å²) in [4.78, 5) is 25.3. The number of aromatic nitrogens is 1. The Morgan fingerprint density at radius 2 is 1.96 bits per heavy atom. The van der Waals surface area contributed by atoms with Crippen molar-refractivity contribution in [3.63, 3.8) is 0 Å². The number of pyridine rings is 1. The summed E-state index contributed by atoms with van der Waals surface area (Å²) < 4.78 is 27.6. The van der Waals surface area contributed by atoms with Gasteiger partial charge in [0.1, 0.15) is 6.54 Å². The summed E-state index contributed by atoms with van der Waals surface area (Å²) in [5.74, 6) is -0.356. The van der Waals surface area contributed by atoms with Gasteiger partial charge in [0.25, 0.3) is 5.56 Å². The zero-order valence-corrected chi connectivity index (χ0v) is 16.6. The Bertz CT molecular complexity index is 900. The zero-order valence-electron chi connectivity index (χ0n) is 15.0. The smallest absolute Gasteiger partial charge is 0.251 e. The molecule has 2 rings (SSSR count). The Labute approximate surface area is 157 Å². The van der Waals surface area contributed by atoms with Crippen LogP contribution in [0.25, 0.3) is 0 Å². The molecule has 1 amide bonds. The van der Waals surface area contributed by atoms with Gasteiger partial charge in [0, 0.05) is 30.2 Å². The molecule has 2 aromatic rings. The predicted molar refractivity (Wildman–Crippen MR) is 102 cm³/mol. The maximum absolute atomic E-state index is 12.6. The number of carbonyl (C=O) groups is 1. The number of nitrogens with one attached hydrogen (secondary N) is 1. The van der Waals surface area contributed by atoms with E-state index < -0.39 is 15.6 Å². The fraction of sp³-hybridized carbons (Fsp3) is 0.412. The molecule has 1 atom stereocenters. The van der Waals surface area contributed by atoms with Crippen molar-refractivity contribution in [2.75, 3.05) is 13.1 Å². The van der Waals surface area contributed by atoms with E-state index in [9.17, 15) is 18.0 Å². The molecule has 0 aromatic carbocycles. The molecule has 9 heteroatoms. The molecule has 1 N–H and O–H groups in total. The maximum Gasteiger partial charge on any atom is 0.251 e. The largest absolute Gasteiger partial charge is 0.347 e. The van der Waals surface area contributed by atoms with Gasteiger partial charge in [-0.2, -0.15) is 4.31 Å². The van der Waals surface area contributed by atoms with E-state index >= 15 is 0 Å². The van der Waals surface area contributed by atoms with Crippen molar-refractivity contribution < 1.29 is 13.2 Å². The van der Waals surface area contributed by atoms with Crippen LogP contribution in [0, 0.1) is 0 Å². The number of amides is 1. The van der Waals surface area contributed by atoms with Crippen LogP contribution in [0.4, 0.5) is 0 Å². The van der Waals surface area contributed by atoms with Crippen molar-refractivity contribution in [3.05, 3.63) is 51.1 Å². The van der Waals surface area contributed by atoms with E-state index in [1.165, 1.54) is 34.0 Å². The number of hydrogen-bond donors (Lipinski definition) is 1. The molecular formula is C17H23N3O4S2. The fourth-order valence-electron chi connectivity index (χ4n) is 2.55. The zero-order chi connectivity index (χ0) is 19.3. The summed E-state index contributed by atoms with van der Waals surface area (Å²) in [6.45, 7) is 5.77. The van der Waals surface area contributed by atoms with Crippen LogP contribution in [0.5, 0.6) is 0 Å². The second kappa shape index (κ2) is 8.61. The summed E-state index contributed by atoms with van der Waals surface area (Å²) in [7, 11) is -3.69. The Hall–Kier alpha value is -1.97. The Morgan fingerprint density at radius 3 is 2.54 bits per heavy atom. The molecule has 0 bridgehead atoms. The van der Waals surface area contributed by atoms with Crippen LogP contribution in [0.2, 0.25) is 0 Å². The molecule has 7 nitrogen and oxygen atoms in total. The predicted octanol–water partition coefficient (Wildman–Crippen LogP) is 1.82. The first-order valence-corrected chi connectivity index (χ1v) is 10.6. The summed E-state index contributed by atoms with van der Waals surface area (Å²) in [6, 6.07) is 6.08. The van der Waals surface area contributed by atoms with Gasteiger partial charge in [-0.05, 0) is 24.4 Å². The Balaban J connectivity index is 2.20. The summed E-state index contributed by atoms with van der Waals surface area (Å²) in [6.07, 6.45) is 1.23. The Kier molecular flexibility index (Phi) is 6.74. The molecule has 0 aliphatic heterocycles. The highest BCUT2D eigenvalue weighted by molar-refractivity contribution is 7.89. The van der Waals surface area contributed by atoms with E-state index in [0.717, 1.165) is 9.44 Å². The molecule has 2 aromatic heterocycles. The van der Waals surface area contributed by atoms with Crippen LogP contribution < -0.4 is 10.9 Å². The second-order valence-electron chi connectivity index (χ2n) is 5.72. The minimum atomic E-state index is -3.69. The van der Waals surface area contributed by atoms with Gasteiger partial charge in [0.05, 0.1) is 10.9 Å². The summed E-state index contributed by atoms with van der Waals surface area (Å²) >= 11 is 1.53. The van der Waals surface area contributed by atoms with Gasteiger partial charge in [-0.15, -0.1) is 11.3 Å². The molecule has 0 spiro atoms. The maximum atomic E-state index is 12.6. The van der Waals surface area contributed by atoms with Crippen molar-refractivity contribution in [1.29, 1.82) is 0 Å². The first-order chi connectivity index (χ1) is 12.3. The van der Waals surface area contributed by atoms with Gasteiger partial charge in [-0.3, -0.25) is 9.59 Å². The SMILES string of the molecule is CCN(CC)S(=O)(=O)c1ccc(=O)n(CC(=O)NC(C)c2cccs2)c1. The molecule has 26 heavy (non-hydrogen) atoms. The Morgan fingerprint density at radius 1 is 1.27 bits per heavy atom. The first-order valence-electron chi connectivity index (χ1n) is 8.33. The van der Waals surface area contributed by atoms with Crippen LogP contribution in [-0.4, -0.2) is 36.3 Å². The highest BCUT2D eigenvalue weighted by Crippen LogP contribution is 2.18. The van der Waals surface area contributed by atoms with Gasteiger partial charge in [-0.25, -0.2) is 8.42 Å². The normalized spacial score (nSPS) is 12.9. The molecule has 0 aliphatic carbocycles. The molecule has 2 heterocycles. The number of nitrogens with zero attached hydrogens (tertiary/aromatic N) is 2. The van der Waals surface area contributed by atoms with Crippen LogP contribution >= 0.6 is 11.3 Å². The third-order valence-corrected chi connectivity index (χ3v) is 7.05. The quantitative estimate of drug-likeness (QED) is 0.736. The van der Waals surface area contributed by atoms with E-state index in [1.807, 2.05) is 24.4 Å². The minimum absolute atomic E-state index is 0.0000877. The van der Waals surface area contributed by atoms with Crippen molar-refractivity contribution in [2.24, 2.45) is 0 Å².